The van der Waals surface area contributed by atoms with Crippen molar-refractivity contribution >= 4 is 5.78 Å². The minimum atomic E-state index is -6.00. The van der Waals surface area contributed by atoms with Gasteiger partial charge >= 0.3 is 12.4 Å². The van der Waals surface area contributed by atoms with Crippen LogP contribution in [0.3, 0.4) is 0 Å². The molecule has 0 saturated heterocycles. The summed E-state index contributed by atoms with van der Waals surface area (Å²) in [5.41, 5.74) is -4.50. The zero-order valence-electron chi connectivity index (χ0n) is 21.1. The first-order valence-electron chi connectivity index (χ1n) is 13.2. The molecule has 0 bridgehead atoms. The number of hydrogen-bond acceptors (Lipinski definition) is 2. The van der Waals surface area contributed by atoms with Crippen molar-refractivity contribution in [3.63, 3.8) is 0 Å². The van der Waals surface area contributed by atoms with Crippen molar-refractivity contribution in [2.45, 2.75) is 109 Å². The molecule has 0 aromatic rings. The van der Waals surface area contributed by atoms with Crippen LogP contribution in [0.25, 0.3) is 0 Å². The van der Waals surface area contributed by atoms with E-state index in [-0.39, 0.29) is 52.6 Å². The van der Waals surface area contributed by atoms with Gasteiger partial charge in [-0.15, -0.1) is 0 Å². The Balaban J connectivity index is 1.47. The third-order valence-electron chi connectivity index (χ3n) is 10.8. The summed E-state index contributed by atoms with van der Waals surface area (Å²) in [4.78, 5) is 13.4. The van der Waals surface area contributed by atoms with Crippen molar-refractivity contribution in [1.29, 1.82) is 0 Å². The van der Waals surface area contributed by atoms with Crippen molar-refractivity contribution in [3.05, 3.63) is 11.6 Å². The summed E-state index contributed by atoms with van der Waals surface area (Å²) >= 11 is 0. The molecule has 0 amide bonds. The van der Waals surface area contributed by atoms with Gasteiger partial charge in [-0.2, -0.15) is 26.3 Å². The maximum Gasteiger partial charge on any atom is 0.431 e. The maximum absolute atomic E-state index is 14.1. The average Bonchev–Trinajstić information content (AvgIpc) is 3.10. The maximum atomic E-state index is 14.1. The molecule has 0 radical (unpaired) electrons. The molecule has 3 fully saturated rings. The molecular formula is C27H37F7O2. The second-order valence-electron chi connectivity index (χ2n) is 12.5. The molecule has 0 aliphatic heterocycles. The highest BCUT2D eigenvalue weighted by atomic mass is 19.4. The Morgan fingerprint density at radius 3 is 2.22 bits per heavy atom. The Morgan fingerprint density at radius 2 is 1.61 bits per heavy atom. The van der Waals surface area contributed by atoms with Gasteiger partial charge in [0, 0.05) is 5.92 Å². The fraction of sp³-hybridized carbons (Fsp3) is 0.889. The fourth-order valence-corrected chi connectivity index (χ4v) is 8.67. The number of allylic oxidation sites excluding steroid dienone is 1. The van der Waals surface area contributed by atoms with E-state index in [2.05, 4.69) is 13.8 Å². The summed E-state index contributed by atoms with van der Waals surface area (Å²) < 4.78 is 91.7. The molecule has 8 atom stereocenters. The summed E-state index contributed by atoms with van der Waals surface area (Å²) in [6.07, 6.45) is -7.40. The number of halogens is 7. The van der Waals surface area contributed by atoms with E-state index in [9.17, 15) is 40.6 Å². The van der Waals surface area contributed by atoms with Gasteiger partial charge in [-0.05, 0) is 98.4 Å². The second-order valence-corrected chi connectivity index (χ2v) is 12.5. The number of fused-ring (bicyclic) bond motifs is 5. The SMILES string of the molecule is C[C@H](CCCC(F)(C(F)(F)F)C(F)(F)F)[C@H]1CC[C@H]2[C@@H]3C(=O)C=C4CC(O)CC[C@]4(C)[C@@H]3CC[C@]12C. The van der Waals surface area contributed by atoms with Crippen LogP contribution in [0, 0.1) is 40.4 Å². The largest absolute Gasteiger partial charge is 0.431 e. The van der Waals surface area contributed by atoms with Crippen molar-refractivity contribution in [1.82, 2.24) is 0 Å². The molecule has 4 aliphatic rings. The van der Waals surface area contributed by atoms with Gasteiger partial charge in [0.05, 0.1) is 6.10 Å². The van der Waals surface area contributed by atoms with Crippen LogP contribution in [0.4, 0.5) is 30.7 Å². The number of aliphatic hydroxyl groups is 1. The standard InChI is InChI=1S/C27H37F7O2/c1-15(5-4-10-25(28,26(29,30)31)27(32,33)34)18-6-7-19-22-20(9-12-24(18,19)3)23(2)11-8-17(35)13-16(23)14-21(22)36/h14-15,17-20,22,35H,4-13H2,1-3H3/t15-,17?,18-,19+,20-,22+,23+,24-/m1/s1. The van der Waals surface area contributed by atoms with Gasteiger partial charge in [0.25, 0.3) is 5.67 Å². The number of carbonyl (C=O) groups is 1. The Labute approximate surface area is 208 Å². The van der Waals surface area contributed by atoms with Gasteiger partial charge in [-0.25, -0.2) is 4.39 Å². The number of ketones is 1. The van der Waals surface area contributed by atoms with Crippen LogP contribution in [0.15, 0.2) is 11.6 Å². The Bertz CT molecular complexity index is 880. The molecule has 0 heterocycles. The Morgan fingerprint density at radius 1 is 0.972 bits per heavy atom. The van der Waals surface area contributed by atoms with E-state index in [0.717, 1.165) is 37.7 Å². The molecule has 1 N–H and O–H groups in total. The number of rotatable bonds is 5. The lowest BCUT2D eigenvalue weighted by Crippen LogP contribution is -2.54. The summed E-state index contributed by atoms with van der Waals surface area (Å²) in [5, 5.41) is 10.1. The number of aliphatic hydroxyl groups excluding tert-OH is 1. The minimum absolute atomic E-state index is 0.0633. The molecule has 4 aliphatic carbocycles. The molecule has 2 nitrogen and oxygen atoms in total. The number of carbonyl (C=O) groups excluding carboxylic acids is 1. The van der Waals surface area contributed by atoms with E-state index in [1.807, 2.05) is 6.92 Å². The first-order chi connectivity index (χ1) is 16.5. The lowest BCUT2D eigenvalue weighted by atomic mass is 9.46. The number of alkyl halides is 7. The first-order valence-corrected chi connectivity index (χ1v) is 13.2. The highest BCUT2D eigenvalue weighted by molar-refractivity contribution is 5.94. The lowest BCUT2D eigenvalue weighted by molar-refractivity contribution is -0.343. The molecule has 0 aromatic carbocycles. The van der Waals surface area contributed by atoms with Gasteiger partial charge < -0.3 is 5.11 Å². The molecule has 0 spiro atoms. The summed E-state index contributed by atoms with van der Waals surface area (Å²) in [7, 11) is 0. The molecule has 9 heteroatoms. The van der Waals surface area contributed by atoms with Gasteiger partial charge in [0.2, 0.25) is 0 Å². The monoisotopic (exact) mass is 526 g/mol. The van der Waals surface area contributed by atoms with Crippen LogP contribution in [-0.2, 0) is 4.79 Å². The Kier molecular flexibility index (Phi) is 6.96. The van der Waals surface area contributed by atoms with E-state index in [4.69, 9.17) is 0 Å². The molecular weight excluding hydrogens is 489 g/mol. The highest BCUT2D eigenvalue weighted by Gasteiger charge is 2.71. The lowest BCUT2D eigenvalue weighted by Gasteiger charge is -2.57. The first kappa shape index (κ1) is 27.9. The van der Waals surface area contributed by atoms with Crippen LogP contribution in [0.2, 0.25) is 0 Å². The number of hydrogen-bond donors (Lipinski definition) is 1. The Hall–Kier alpha value is -1.12. The zero-order valence-corrected chi connectivity index (χ0v) is 21.1. The molecule has 3 saturated carbocycles. The van der Waals surface area contributed by atoms with E-state index >= 15 is 0 Å². The second kappa shape index (κ2) is 8.98. The van der Waals surface area contributed by atoms with E-state index in [0.29, 0.717) is 12.8 Å². The van der Waals surface area contributed by atoms with Crippen LogP contribution in [0.5, 0.6) is 0 Å². The highest BCUT2D eigenvalue weighted by Crippen LogP contribution is 2.66. The topological polar surface area (TPSA) is 37.3 Å². The molecule has 1 unspecified atom stereocenters. The van der Waals surface area contributed by atoms with E-state index < -0.39 is 37.0 Å². The fourth-order valence-electron chi connectivity index (χ4n) is 8.67. The molecule has 0 aromatic heterocycles. The van der Waals surface area contributed by atoms with Crippen molar-refractivity contribution < 1.29 is 40.6 Å². The van der Waals surface area contributed by atoms with Crippen LogP contribution in [-0.4, -0.2) is 35.0 Å². The molecule has 36 heavy (non-hydrogen) atoms. The summed E-state index contributed by atoms with van der Waals surface area (Å²) in [5.74, 6) is 0.154. The van der Waals surface area contributed by atoms with Gasteiger partial charge in [-0.3, -0.25) is 4.79 Å². The predicted molar refractivity (Wildman–Crippen MR) is 121 cm³/mol. The van der Waals surface area contributed by atoms with Crippen molar-refractivity contribution in [2.75, 3.05) is 0 Å². The smallest absolute Gasteiger partial charge is 0.393 e. The minimum Gasteiger partial charge on any atom is -0.393 e. The van der Waals surface area contributed by atoms with Gasteiger partial charge in [-0.1, -0.05) is 32.8 Å². The third-order valence-corrected chi connectivity index (χ3v) is 10.8. The van der Waals surface area contributed by atoms with Gasteiger partial charge in [0.15, 0.2) is 5.78 Å². The predicted octanol–water partition coefficient (Wildman–Crippen LogP) is 7.74. The van der Waals surface area contributed by atoms with Crippen molar-refractivity contribution in [2.24, 2.45) is 40.4 Å². The van der Waals surface area contributed by atoms with Crippen LogP contribution < -0.4 is 0 Å². The normalized spacial score (nSPS) is 40.2. The zero-order chi connectivity index (χ0) is 26.9. The molecule has 206 valence electrons. The van der Waals surface area contributed by atoms with Crippen LogP contribution >= 0.6 is 0 Å². The van der Waals surface area contributed by atoms with Gasteiger partial charge in [0.1, 0.15) is 0 Å². The summed E-state index contributed by atoms with van der Waals surface area (Å²) in [6, 6.07) is 0. The van der Waals surface area contributed by atoms with E-state index in [1.165, 1.54) is 0 Å². The molecule has 4 rings (SSSR count). The summed E-state index contributed by atoms with van der Waals surface area (Å²) in [6.45, 7) is 6.18. The third kappa shape index (κ3) is 4.23. The quantitative estimate of drug-likeness (QED) is 0.372. The van der Waals surface area contributed by atoms with Crippen LogP contribution in [0.1, 0.15) is 85.0 Å². The average molecular weight is 527 g/mol. The van der Waals surface area contributed by atoms with E-state index in [1.54, 1.807) is 6.08 Å². The van der Waals surface area contributed by atoms with Crippen molar-refractivity contribution in [3.8, 4) is 0 Å².